The first kappa shape index (κ1) is 9.59. The van der Waals surface area contributed by atoms with Crippen molar-refractivity contribution in [2.45, 2.75) is 18.9 Å². The van der Waals surface area contributed by atoms with Gasteiger partial charge in [-0.1, -0.05) is 0 Å². The quantitative estimate of drug-likeness (QED) is 0.852. The molecule has 1 aliphatic rings. The number of nitrogens with two attached hydrogens (primary N) is 1. The number of anilines is 2. The maximum atomic E-state index is 5.91. The Balaban J connectivity index is 2.01. The van der Waals surface area contributed by atoms with E-state index in [-0.39, 0.29) is 0 Å². The van der Waals surface area contributed by atoms with Crippen LogP contribution in [0.15, 0.2) is 24.5 Å². The molecular formula is C11H12N4S. The lowest BCUT2D eigenvalue weighted by molar-refractivity contribution is 1.17. The maximum absolute atomic E-state index is 5.91. The SMILES string of the molecule is Nc1nsc(NC2CC2)c1-c1ccncc1. The molecule has 0 aromatic carbocycles. The Hall–Kier alpha value is -1.62. The van der Waals surface area contributed by atoms with Crippen LogP contribution in [0.5, 0.6) is 0 Å². The van der Waals surface area contributed by atoms with Crippen LogP contribution in [-0.2, 0) is 0 Å². The molecule has 0 aliphatic heterocycles. The van der Waals surface area contributed by atoms with E-state index in [0.29, 0.717) is 11.9 Å². The highest BCUT2D eigenvalue weighted by molar-refractivity contribution is 7.11. The molecule has 0 atom stereocenters. The fourth-order valence-corrected chi connectivity index (χ4v) is 2.43. The minimum Gasteiger partial charge on any atom is -0.382 e. The van der Waals surface area contributed by atoms with Gasteiger partial charge in [0.15, 0.2) is 0 Å². The van der Waals surface area contributed by atoms with Crippen molar-refractivity contribution in [3.63, 3.8) is 0 Å². The minimum atomic E-state index is 0.597. The average molecular weight is 232 g/mol. The van der Waals surface area contributed by atoms with Crippen molar-refractivity contribution in [3.8, 4) is 11.1 Å². The number of rotatable bonds is 3. The lowest BCUT2D eigenvalue weighted by atomic mass is 10.1. The van der Waals surface area contributed by atoms with Gasteiger partial charge in [-0.3, -0.25) is 4.98 Å². The second-order valence-electron chi connectivity index (χ2n) is 3.93. The van der Waals surface area contributed by atoms with Crippen molar-refractivity contribution in [2.24, 2.45) is 0 Å². The van der Waals surface area contributed by atoms with Crippen LogP contribution in [0, 0.1) is 0 Å². The van der Waals surface area contributed by atoms with Crippen LogP contribution in [0.4, 0.5) is 10.8 Å². The zero-order valence-corrected chi connectivity index (χ0v) is 9.50. The topological polar surface area (TPSA) is 63.8 Å². The van der Waals surface area contributed by atoms with Crippen LogP contribution in [0.3, 0.4) is 0 Å². The molecule has 2 aromatic heterocycles. The lowest BCUT2D eigenvalue weighted by Crippen LogP contribution is -2.00. The second kappa shape index (κ2) is 3.75. The van der Waals surface area contributed by atoms with Crippen molar-refractivity contribution >= 4 is 22.4 Å². The van der Waals surface area contributed by atoms with Crippen LogP contribution in [0.1, 0.15) is 12.8 Å². The molecule has 16 heavy (non-hydrogen) atoms. The first-order valence-corrected chi connectivity index (χ1v) is 6.04. The third-order valence-corrected chi connectivity index (χ3v) is 3.39. The molecule has 2 heterocycles. The van der Waals surface area contributed by atoms with E-state index in [1.54, 1.807) is 12.4 Å². The number of aromatic nitrogens is 2. The van der Waals surface area contributed by atoms with E-state index in [2.05, 4.69) is 14.7 Å². The largest absolute Gasteiger partial charge is 0.382 e. The zero-order chi connectivity index (χ0) is 11.0. The van der Waals surface area contributed by atoms with Crippen LogP contribution < -0.4 is 11.1 Å². The Morgan fingerprint density at radius 3 is 2.75 bits per heavy atom. The molecule has 0 radical (unpaired) electrons. The summed E-state index contributed by atoms with van der Waals surface area (Å²) in [6.45, 7) is 0. The number of hydrogen-bond donors (Lipinski definition) is 2. The zero-order valence-electron chi connectivity index (χ0n) is 8.68. The standard InChI is InChI=1S/C11H12N4S/c12-10-9(7-3-5-13-6-4-7)11(16-15-10)14-8-1-2-8/h3-6,8,14H,1-2H2,(H2,12,15). The summed E-state index contributed by atoms with van der Waals surface area (Å²) in [7, 11) is 0. The summed E-state index contributed by atoms with van der Waals surface area (Å²) in [5.41, 5.74) is 8.00. The van der Waals surface area contributed by atoms with Gasteiger partial charge in [0.1, 0.15) is 10.8 Å². The van der Waals surface area contributed by atoms with E-state index in [1.165, 1.54) is 24.4 Å². The molecule has 3 rings (SSSR count). The molecule has 4 nitrogen and oxygen atoms in total. The Morgan fingerprint density at radius 2 is 2.06 bits per heavy atom. The van der Waals surface area contributed by atoms with E-state index in [4.69, 9.17) is 5.73 Å². The molecule has 0 unspecified atom stereocenters. The predicted molar refractivity (Wildman–Crippen MR) is 66.4 cm³/mol. The Morgan fingerprint density at radius 1 is 1.31 bits per heavy atom. The van der Waals surface area contributed by atoms with Gasteiger partial charge in [-0.2, -0.15) is 4.37 Å². The first-order valence-electron chi connectivity index (χ1n) is 5.26. The van der Waals surface area contributed by atoms with Crippen molar-refractivity contribution in [1.29, 1.82) is 0 Å². The van der Waals surface area contributed by atoms with Gasteiger partial charge >= 0.3 is 0 Å². The van der Waals surface area contributed by atoms with E-state index in [1.807, 2.05) is 12.1 Å². The Kier molecular flexibility index (Phi) is 2.25. The summed E-state index contributed by atoms with van der Waals surface area (Å²) in [5, 5.41) is 4.53. The van der Waals surface area contributed by atoms with E-state index >= 15 is 0 Å². The van der Waals surface area contributed by atoms with Gasteiger partial charge in [-0.25, -0.2) is 0 Å². The third kappa shape index (κ3) is 1.74. The maximum Gasteiger partial charge on any atom is 0.147 e. The highest BCUT2D eigenvalue weighted by Gasteiger charge is 2.24. The van der Waals surface area contributed by atoms with Gasteiger partial charge in [0.25, 0.3) is 0 Å². The number of pyridine rings is 1. The Labute approximate surface area is 97.7 Å². The van der Waals surface area contributed by atoms with Gasteiger partial charge < -0.3 is 11.1 Å². The smallest absolute Gasteiger partial charge is 0.147 e. The number of hydrogen-bond acceptors (Lipinski definition) is 5. The summed E-state index contributed by atoms with van der Waals surface area (Å²) in [5.74, 6) is 0.597. The number of nitrogens with zero attached hydrogens (tertiary/aromatic N) is 2. The summed E-state index contributed by atoms with van der Waals surface area (Å²) in [6, 6.07) is 4.52. The third-order valence-electron chi connectivity index (χ3n) is 2.60. The first-order chi connectivity index (χ1) is 7.84. The van der Waals surface area contributed by atoms with Gasteiger partial charge in [0.05, 0.1) is 5.56 Å². The van der Waals surface area contributed by atoms with Gasteiger partial charge in [0.2, 0.25) is 0 Å². The second-order valence-corrected chi connectivity index (χ2v) is 4.70. The summed E-state index contributed by atoms with van der Waals surface area (Å²) < 4.78 is 4.21. The van der Waals surface area contributed by atoms with Crippen LogP contribution in [0.2, 0.25) is 0 Å². The molecular weight excluding hydrogens is 220 g/mol. The molecule has 3 N–H and O–H groups in total. The van der Waals surface area contributed by atoms with E-state index in [9.17, 15) is 0 Å². The van der Waals surface area contributed by atoms with Crippen molar-refractivity contribution in [2.75, 3.05) is 11.1 Å². The normalized spacial score (nSPS) is 15.0. The molecule has 1 aliphatic carbocycles. The molecule has 0 amide bonds. The molecule has 5 heteroatoms. The molecule has 82 valence electrons. The monoisotopic (exact) mass is 232 g/mol. The van der Waals surface area contributed by atoms with Crippen molar-refractivity contribution < 1.29 is 0 Å². The summed E-state index contributed by atoms with van der Waals surface area (Å²) in [6.07, 6.45) is 6.03. The van der Waals surface area contributed by atoms with E-state index < -0.39 is 0 Å². The van der Waals surface area contributed by atoms with Gasteiger partial charge in [-0.15, -0.1) is 0 Å². The molecule has 1 fully saturated rings. The minimum absolute atomic E-state index is 0.597. The fraction of sp³-hybridized carbons (Fsp3) is 0.273. The highest BCUT2D eigenvalue weighted by atomic mass is 32.1. The van der Waals surface area contributed by atoms with Gasteiger partial charge in [-0.05, 0) is 42.1 Å². The lowest BCUT2D eigenvalue weighted by Gasteiger charge is -2.05. The van der Waals surface area contributed by atoms with E-state index in [0.717, 1.165) is 16.1 Å². The van der Waals surface area contributed by atoms with Crippen LogP contribution in [-0.4, -0.2) is 15.4 Å². The molecule has 0 bridgehead atoms. The van der Waals surface area contributed by atoms with Crippen LogP contribution in [0.25, 0.3) is 11.1 Å². The van der Waals surface area contributed by atoms with Crippen molar-refractivity contribution in [1.82, 2.24) is 9.36 Å². The number of nitrogen functional groups attached to an aromatic ring is 1. The van der Waals surface area contributed by atoms with Crippen molar-refractivity contribution in [3.05, 3.63) is 24.5 Å². The summed E-state index contributed by atoms with van der Waals surface area (Å²) in [4.78, 5) is 4.01. The summed E-state index contributed by atoms with van der Waals surface area (Å²) >= 11 is 1.43. The molecule has 0 spiro atoms. The molecule has 1 saturated carbocycles. The predicted octanol–water partition coefficient (Wildman–Crippen LogP) is 2.36. The highest BCUT2D eigenvalue weighted by Crippen LogP contribution is 2.39. The van der Waals surface area contributed by atoms with Crippen LogP contribution >= 0.6 is 11.5 Å². The molecule has 0 saturated heterocycles. The van der Waals surface area contributed by atoms with Gasteiger partial charge in [0, 0.05) is 18.4 Å². The average Bonchev–Trinajstić information content (AvgIpc) is 3.04. The fourth-order valence-electron chi connectivity index (χ4n) is 1.61. The Bertz CT molecular complexity index is 490. The molecule has 2 aromatic rings. The number of nitrogens with one attached hydrogen (secondary N) is 1.